The molecule has 1 rings (SSSR count). The van der Waals surface area contributed by atoms with Crippen molar-refractivity contribution >= 4 is 27.5 Å². The van der Waals surface area contributed by atoms with Crippen molar-refractivity contribution < 1.29 is 13.6 Å². The van der Waals surface area contributed by atoms with Crippen molar-refractivity contribution in [2.75, 3.05) is 18.4 Å². The van der Waals surface area contributed by atoms with Crippen LogP contribution >= 0.6 is 15.9 Å². The van der Waals surface area contributed by atoms with Crippen molar-refractivity contribution in [3.8, 4) is 6.07 Å². The van der Waals surface area contributed by atoms with E-state index < -0.39 is 17.5 Å². The lowest BCUT2D eigenvalue weighted by Gasteiger charge is -2.09. The summed E-state index contributed by atoms with van der Waals surface area (Å²) in [6.45, 7) is -0.0524. The van der Waals surface area contributed by atoms with Crippen molar-refractivity contribution in [2.24, 2.45) is 0 Å². The number of nitrogens with zero attached hydrogens (tertiary/aromatic N) is 1. The summed E-state index contributed by atoms with van der Waals surface area (Å²) in [6, 6.07) is 4.05. The van der Waals surface area contributed by atoms with Crippen LogP contribution in [-0.4, -0.2) is 19.0 Å². The second-order valence-electron chi connectivity index (χ2n) is 3.36. The SMILES string of the molecule is N#CCCNC(=O)CNc1c(F)cc(Br)cc1F. The van der Waals surface area contributed by atoms with Crippen molar-refractivity contribution in [1.82, 2.24) is 5.32 Å². The Morgan fingerprint density at radius 2 is 2.00 bits per heavy atom. The van der Waals surface area contributed by atoms with Gasteiger partial charge in [0.2, 0.25) is 5.91 Å². The molecule has 0 radical (unpaired) electrons. The van der Waals surface area contributed by atoms with Crippen LogP contribution < -0.4 is 10.6 Å². The summed E-state index contributed by atoms with van der Waals surface area (Å²) in [5, 5.41) is 13.1. The molecule has 0 saturated carbocycles. The van der Waals surface area contributed by atoms with Gasteiger partial charge in [-0.15, -0.1) is 0 Å². The monoisotopic (exact) mass is 317 g/mol. The zero-order valence-electron chi connectivity index (χ0n) is 9.27. The van der Waals surface area contributed by atoms with Crippen LogP contribution in [0.4, 0.5) is 14.5 Å². The lowest BCUT2D eigenvalue weighted by Crippen LogP contribution is -2.30. The molecule has 1 amide bonds. The van der Waals surface area contributed by atoms with Gasteiger partial charge in [0.15, 0.2) is 0 Å². The molecule has 0 bridgehead atoms. The van der Waals surface area contributed by atoms with E-state index in [-0.39, 0.29) is 29.7 Å². The molecule has 0 aromatic heterocycles. The first kappa shape index (κ1) is 14.4. The standard InChI is InChI=1S/C11H10BrF2N3O/c12-7-4-8(13)11(9(14)5-7)17-6-10(18)16-3-1-2-15/h4-5,17H,1,3,6H2,(H,16,18). The van der Waals surface area contributed by atoms with Gasteiger partial charge < -0.3 is 10.6 Å². The Hall–Kier alpha value is -1.68. The number of halogens is 3. The van der Waals surface area contributed by atoms with Gasteiger partial charge in [0.25, 0.3) is 0 Å². The third-order valence-electron chi connectivity index (χ3n) is 1.99. The Morgan fingerprint density at radius 1 is 1.39 bits per heavy atom. The molecule has 0 spiro atoms. The fourth-order valence-electron chi connectivity index (χ4n) is 1.20. The third kappa shape index (κ3) is 4.30. The highest BCUT2D eigenvalue weighted by atomic mass is 79.9. The van der Waals surface area contributed by atoms with Crippen LogP contribution in [0, 0.1) is 23.0 Å². The van der Waals surface area contributed by atoms with E-state index in [0.29, 0.717) is 0 Å². The van der Waals surface area contributed by atoms with Crippen molar-refractivity contribution in [3.63, 3.8) is 0 Å². The number of amides is 1. The van der Waals surface area contributed by atoms with Crippen LogP contribution in [0.1, 0.15) is 6.42 Å². The number of nitriles is 1. The number of carbonyl (C=O) groups excluding carboxylic acids is 1. The first-order chi connectivity index (χ1) is 8.54. The molecule has 96 valence electrons. The van der Waals surface area contributed by atoms with Crippen LogP contribution in [0.25, 0.3) is 0 Å². The highest BCUT2D eigenvalue weighted by Crippen LogP contribution is 2.23. The van der Waals surface area contributed by atoms with Crippen LogP contribution in [0.3, 0.4) is 0 Å². The quantitative estimate of drug-likeness (QED) is 0.818. The molecule has 0 aliphatic rings. The predicted molar refractivity (Wildman–Crippen MR) is 65.8 cm³/mol. The normalized spacial score (nSPS) is 9.67. The van der Waals surface area contributed by atoms with Gasteiger partial charge >= 0.3 is 0 Å². The zero-order chi connectivity index (χ0) is 13.5. The van der Waals surface area contributed by atoms with E-state index in [4.69, 9.17) is 5.26 Å². The predicted octanol–water partition coefficient (Wildman–Crippen LogP) is 2.17. The summed E-state index contributed by atoms with van der Waals surface area (Å²) in [5.74, 6) is -2.01. The Balaban J connectivity index is 2.54. The number of nitrogens with one attached hydrogen (secondary N) is 2. The molecular formula is C11H10BrF2N3O. The average Bonchev–Trinajstić information content (AvgIpc) is 2.27. The summed E-state index contributed by atoms with van der Waals surface area (Å²) in [7, 11) is 0. The van der Waals surface area contributed by atoms with Gasteiger partial charge in [0, 0.05) is 11.0 Å². The average molecular weight is 318 g/mol. The van der Waals surface area contributed by atoms with Crippen LogP contribution in [-0.2, 0) is 4.79 Å². The topological polar surface area (TPSA) is 64.9 Å². The van der Waals surface area contributed by atoms with Crippen molar-refractivity contribution in [3.05, 3.63) is 28.2 Å². The maximum atomic E-state index is 13.4. The van der Waals surface area contributed by atoms with Crippen molar-refractivity contribution in [1.29, 1.82) is 5.26 Å². The minimum atomic E-state index is -0.785. The molecular weight excluding hydrogens is 308 g/mol. The number of hydrogen-bond acceptors (Lipinski definition) is 3. The summed E-state index contributed by atoms with van der Waals surface area (Å²) < 4.78 is 27.0. The molecule has 0 heterocycles. The maximum absolute atomic E-state index is 13.4. The molecule has 1 aromatic carbocycles. The van der Waals surface area contributed by atoms with E-state index in [1.54, 1.807) is 0 Å². The summed E-state index contributed by atoms with van der Waals surface area (Å²) in [6.07, 6.45) is 0.187. The Bertz CT molecular complexity index is 465. The Kier molecular flexibility index (Phi) is 5.52. The van der Waals surface area contributed by atoms with Crippen molar-refractivity contribution in [2.45, 2.75) is 6.42 Å². The van der Waals surface area contributed by atoms with Gasteiger partial charge in [0.1, 0.15) is 17.3 Å². The molecule has 0 saturated heterocycles. The summed E-state index contributed by atoms with van der Waals surface area (Å²) in [5.41, 5.74) is -0.353. The first-order valence-corrected chi connectivity index (χ1v) is 5.86. The Morgan fingerprint density at radius 3 is 2.56 bits per heavy atom. The molecule has 1 aromatic rings. The lowest BCUT2D eigenvalue weighted by molar-refractivity contribution is -0.119. The summed E-state index contributed by atoms with van der Waals surface area (Å²) >= 11 is 2.95. The van der Waals surface area contributed by atoms with E-state index in [2.05, 4.69) is 26.6 Å². The van der Waals surface area contributed by atoms with Gasteiger partial charge in [-0.25, -0.2) is 8.78 Å². The molecule has 0 aliphatic heterocycles. The third-order valence-corrected chi connectivity index (χ3v) is 2.45. The van der Waals surface area contributed by atoms with E-state index in [9.17, 15) is 13.6 Å². The molecule has 0 unspecified atom stereocenters. The second kappa shape index (κ2) is 6.91. The minimum Gasteiger partial charge on any atom is -0.371 e. The van der Waals surface area contributed by atoms with E-state index in [0.717, 1.165) is 12.1 Å². The van der Waals surface area contributed by atoms with E-state index >= 15 is 0 Å². The van der Waals surface area contributed by atoms with E-state index in [1.807, 2.05) is 6.07 Å². The van der Waals surface area contributed by atoms with Crippen LogP contribution in [0.5, 0.6) is 0 Å². The highest BCUT2D eigenvalue weighted by Gasteiger charge is 2.11. The van der Waals surface area contributed by atoms with Gasteiger partial charge in [0.05, 0.1) is 19.0 Å². The van der Waals surface area contributed by atoms with Gasteiger partial charge in [-0.2, -0.15) is 5.26 Å². The molecule has 0 aliphatic carbocycles. The number of anilines is 1. The molecule has 0 atom stereocenters. The van der Waals surface area contributed by atoms with Crippen LogP contribution in [0.2, 0.25) is 0 Å². The van der Waals surface area contributed by atoms with Gasteiger partial charge in [-0.1, -0.05) is 15.9 Å². The van der Waals surface area contributed by atoms with Gasteiger partial charge in [-0.05, 0) is 12.1 Å². The second-order valence-corrected chi connectivity index (χ2v) is 4.27. The first-order valence-electron chi connectivity index (χ1n) is 5.06. The molecule has 7 heteroatoms. The maximum Gasteiger partial charge on any atom is 0.239 e. The zero-order valence-corrected chi connectivity index (χ0v) is 10.9. The minimum absolute atomic E-state index is 0.187. The lowest BCUT2D eigenvalue weighted by atomic mass is 10.3. The van der Waals surface area contributed by atoms with Crippen LogP contribution in [0.15, 0.2) is 16.6 Å². The molecule has 2 N–H and O–H groups in total. The number of hydrogen-bond donors (Lipinski definition) is 2. The number of benzene rings is 1. The van der Waals surface area contributed by atoms with Gasteiger partial charge in [-0.3, -0.25) is 4.79 Å². The largest absolute Gasteiger partial charge is 0.371 e. The smallest absolute Gasteiger partial charge is 0.239 e. The summed E-state index contributed by atoms with van der Waals surface area (Å²) in [4.78, 5) is 11.2. The number of rotatable bonds is 5. The molecule has 0 fully saturated rings. The highest BCUT2D eigenvalue weighted by molar-refractivity contribution is 9.10. The fraction of sp³-hybridized carbons (Fsp3) is 0.273. The fourth-order valence-corrected chi connectivity index (χ4v) is 1.60. The number of carbonyl (C=O) groups is 1. The molecule has 4 nitrogen and oxygen atoms in total. The Labute approximate surface area is 111 Å². The molecule has 18 heavy (non-hydrogen) atoms. The van der Waals surface area contributed by atoms with E-state index in [1.165, 1.54) is 0 Å².